The number of carbonyl (C=O) groups is 1. The Hall–Kier alpha value is -2.29. The maximum absolute atomic E-state index is 14.7. The minimum atomic E-state index is -2.65. The molecular weight excluding hydrogens is 432 g/mol. The molecule has 5 rings (SSSR count). The number of nitrogens with zero attached hydrogens (tertiary/aromatic N) is 2. The highest BCUT2D eigenvalue weighted by molar-refractivity contribution is 6.06. The van der Waals surface area contributed by atoms with Crippen molar-refractivity contribution in [2.45, 2.75) is 83.5 Å². The van der Waals surface area contributed by atoms with E-state index in [1.807, 2.05) is 18.2 Å². The second-order valence-corrected chi connectivity index (χ2v) is 11.9. The summed E-state index contributed by atoms with van der Waals surface area (Å²) in [6, 6.07) is 8.08. The van der Waals surface area contributed by atoms with Gasteiger partial charge in [0, 0.05) is 25.8 Å². The van der Waals surface area contributed by atoms with Gasteiger partial charge in [-0.15, -0.1) is 0 Å². The Bertz CT molecular complexity index is 1060. The normalized spacial score (nSPS) is 37.1. The first kappa shape index (κ1) is 23.5. The largest absolute Gasteiger partial charge is 0.300 e. The van der Waals surface area contributed by atoms with Crippen LogP contribution < -0.4 is 0 Å². The van der Waals surface area contributed by atoms with Gasteiger partial charge in [0.15, 0.2) is 0 Å². The Morgan fingerprint density at radius 2 is 1.85 bits per heavy atom. The van der Waals surface area contributed by atoms with Gasteiger partial charge in [-0.2, -0.15) is 5.26 Å². The molecule has 1 aromatic rings. The number of amides is 1. The molecule has 3 aliphatic carbocycles. The van der Waals surface area contributed by atoms with Crippen LogP contribution in [0.5, 0.6) is 0 Å². The number of rotatable bonds is 3. The van der Waals surface area contributed by atoms with E-state index in [2.05, 4.69) is 26.8 Å². The summed E-state index contributed by atoms with van der Waals surface area (Å²) < 4.78 is 27.2. The topological polar surface area (TPSA) is 68.0 Å². The second kappa shape index (κ2) is 7.86. The number of nitrogens with one attached hydrogen (secondary N) is 1. The molecule has 1 amide bonds. The van der Waals surface area contributed by atoms with Crippen molar-refractivity contribution in [2.24, 2.45) is 29.1 Å². The van der Waals surface area contributed by atoms with Crippen molar-refractivity contribution in [3.05, 3.63) is 34.9 Å². The van der Waals surface area contributed by atoms with Gasteiger partial charge in [-0.1, -0.05) is 33.3 Å². The SMILES string of the molecule is CCC1CC(=N)N(CC2CC(F)(F)C2)C(=O)C12c1cc(C#N)ccc1CC21CC(C)CC(C)C1. The van der Waals surface area contributed by atoms with E-state index < -0.39 is 11.3 Å². The lowest BCUT2D eigenvalue weighted by Crippen LogP contribution is -2.66. The van der Waals surface area contributed by atoms with Crippen LogP contribution in [0, 0.1) is 45.8 Å². The predicted octanol–water partition coefficient (Wildman–Crippen LogP) is 6.08. The molecule has 4 unspecified atom stereocenters. The van der Waals surface area contributed by atoms with E-state index in [9.17, 15) is 18.8 Å². The highest BCUT2D eigenvalue weighted by Gasteiger charge is 2.68. The summed E-state index contributed by atoms with van der Waals surface area (Å²) in [5.41, 5.74) is 1.61. The monoisotopic (exact) mass is 467 g/mol. The van der Waals surface area contributed by atoms with Gasteiger partial charge in [-0.05, 0) is 78.0 Å². The standard InChI is InChI=1S/C28H35F2N3O/c1-4-22-9-24(32)33(16-20-12-27(29,30)13-20)25(34)28(22)23-8-19(15-31)5-6-21(23)14-26(28)10-17(2)7-18(3)11-26/h5-6,8,17-18,20,22,32H,4,7,9-14,16H2,1-3H3. The van der Waals surface area contributed by atoms with Crippen molar-refractivity contribution >= 4 is 11.7 Å². The lowest BCUT2D eigenvalue weighted by atomic mass is 9.47. The number of benzene rings is 1. The summed E-state index contributed by atoms with van der Waals surface area (Å²) in [7, 11) is 0. The Kier molecular flexibility index (Phi) is 5.42. The summed E-state index contributed by atoms with van der Waals surface area (Å²) in [5.74, 6) is -1.77. The first-order valence-corrected chi connectivity index (χ1v) is 12.9. The Morgan fingerprint density at radius 1 is 1.18 bits per heavy atom. The summed E-state index contributed by atoms with van der Waals surface area (Å²) >= 11 is 0. The first-order chi connectivity index (χ1) is 16.0. The lowest BCUT2D eigenvalue weighted by Gasteiger charge is -2.58. The van der Waals surface area contributed by atoms with Crippen molar-refractivity contribution < 1.29 is 13.6 Å². The highest BCUT2D eigenvalue weighted by Crippen LogP contribution is 2.66. The Morgan fingerprint density at radius 3 is 2.44 bits per heavy atom. The maximum atomic E-state index is 14.7. The molecule has 0 bridgehead atoms. The molecule has 2 saturated carbocycles. The summed E-state index contributed by atoms with van der Waals surface area (Å²) in [6.45, 7) is 6.86. The number of alkyl halides is 2. The molecule has 34 heavy (non-hydrogen) atoms. The number of amidine groups is 1. The zero-order valence-electron chi connectivity index (χ0n) is 20.5. The minimum absolute atomic E-state index is 0.0284. The number of halogens is 2. The van der Waals surface area contributed by atoms with Crippen LogP contribution >= 0.6 is 0 Å². The predicted molar refractivity (Wildman–Crippen MR) is 127 cm³/mol. The van der Waals surface area contributed by atoms with Crippen LogP contribution in [0.15, 0.2) is 18.2 Å². The van der Waals surface area contributed by atoms with Crippen LogP contribution in [-0.4, -0.2) is 29.1 Å². The quantitative estimate of drug-likeness (QED) is 0.586. The van der Waals surface area contributed by atoms with Crippen LogP contribution in [0.3, 0.4) is 0 Å². The average Bonchev–Trinajstić information content (AvgIpc) is 3.00. The third-order valence-electron chi connectivity index (χ3n) is 9.38. The molecule has 1 aliphatic heterocycles. The fourth-order valence-electron chi connectivity index (χ4n) is 8.51. The minimum Gasteiger partial charge on any atom is -0.300 e. The molecule has 1 heterocycles. The fourth-order valence-corrected chi connectivity index (χ4v) is 8.51. The zero-order chi connectivity index (χ0) is 24.5. The van der Waals surface area contributed by atoms with E-state index in [1.165, 1.54) is 0 Å². The van der Waals surface area contributed by atoms with Crippen molar-refractivity contribution in [3.63, 3.8) is 0 Å². The molecule has 0 aromatic heterocycles. The van der Waals surface area contributed by atoms with Crippen molar-refractivity contribution in [1.82, 2.24) is 4.90 Å². The van der Waals surface area contributed by atoms with Gasteiger partial charge < -0.3 is 0 Å². The molecule has 6 heteroatoms. The lowest BCUT2D eigenvalue weighted by molar-refractivity contribution is -0.154. The van der Waals surface area contributed by atoms with Crippen molar-refractivity contribution in [2.75, 3.05) is 6.54 Å². The van der Waals surface area contributed by atoms with Gasteiger partial charge >= 0.3 is 0 Å². The zero-order valence-corrected chi connectivity index (χ0v) is 20.5. The van der Waals surface area contributed by atoms with E-state index in [1.54, 1.807) is 4.90 Å². The number of nitriles is 1. The summed E-state index contributed by atoms with van der Waals surface area (Å²) in [4.78, 5) is 16.3. The van der Waals surface area contributed by atoms with E-state index >= 15 is 0 Å². The number of piperidine rings is 1. The third-order valence-corrected chi connectivity index (χ3v) is 9.38. The molecule has 2 spiro atoms. The van der Waals surface area contributed by atoms with Gasteiger partial charge in [-0.25, -0.2) is 8.78 Å². The molecule has 4 nitrogen and oxygen atoms in total. The van der Waals surface area contributed by atoms with Gasteiger partial charge in [-0.3, -0.25) is 15.1 Å². The summed E-state index contributed by atoms with van der Waals surface area (Å²) in [5, 5.41) is 18.4. The molecular formula is C28H35F2N3O. The molecule has 1 aromatic carbocycles. The van der Waals surface area contributed by atoms with E-state index in [0.29, 0.717) is 23.8 Å². The molecule has 1 saturated heterocycles. The van der Waals surface area contributed by atoms with E-state index in [-0.39, 0.29) is 48.4 Å². The van der Waals surface area contributed by atoms with Gasteiger partial charge in [0.25, 0.3) is 0 Å². The molecule has 4 aliphatic rings. The summed E-state index contributed by atoms with van der Waals surface area (Å²) in [6.07, 6.45) is 4.67. The Balaban J connectivity index is 1.67. The molecule has 4 atom stereocenters. The highest BCUT2D eigenvalue weighted by atomic mass is 19.3. The average molecular weight is 468 g/mol. The van der Waals surface area contributed by atoms with Crippen LogP contribution in [-0.2, 0) is 16.6 Å². The molecule has 1 N–H and O–H groups in total. The van der Waals surface area contributed by atoms with Crippen molar-refractivity contribution in [3.8, 4) is 6.07 Å². The first-order valence-electron chi connectivity index (χ1n) is 12.9. The van der Waals surface area contributed by atoms with Crippen molar-refractivity contribution in [1.29, 1.82) is 10.7 Å². The third kappa shape index (κ3) is 3.26. The van der Waals surface area contributed by atoms with Gasteiger partial charge in [0.1, 0.15) is 5.84 Å². The van der Waals surface area contributed by atoms with Crippen LogP contribution in [0.2, 0.25) is 0 Å². The van der Waals surface area contributed by atoms with Crippen LogP contribution in [0.4, 0.5) is 8.78 Å². The number of carbonyl (C=O) groups excluding carboxylic acids is 1. The van der Waals surface area contributed by atoms with E-state index in [4.69, 9.17) is 5.41 Å². The van der Waals surface area contributed by atoms with E-state index in [0.717, 1.165) is 43.2 Å². The molecule has 3 fully saturated rings. The second-order valence-electron chi connectivity index (χ2n) is 11.9. The number of likely N-dealkylation sites (tertiary alicyclic amines) is 1. The Labute approximate surface area is 201 Å². The number of hydrogen-bond acceptors (Lipinski definition) is 3. The number of hydrogen-bond donors (Lipinski definition) is 1. The van der Waals surface area contributed by atoms with Gasteiger partial charge in [0.05, 0.1) is 17.0 Å². The smallest absolute Gasteiger partial charge is 0.248 e. The van der Waals surface area contributed by atoms with Crippen LogP contribution in [0.1, 0.15) is 82.4 Å². The fraction of sp³-hybridized carbons (Fsp3) is 0.679. The maximum Gasteiger partial charge on any atom is 0.248 e. The van der Waals surface area contributed by atoms with Gasteiger partial charge in [0.2, 0.25) is 11.8 Å². The molecule has 182 valence electrons. The number of fused-ring (bicyclic) bond motifs is 3. The molecule has 0 radical (unpaired) electrons. The van der Waals surface area contributed by atoms with Crippen LogP contribution in [0.25, 0.3) is 0 Å².